The standard InChI is InChI=1S/C16H17NO3/c17-10-9-13(12-5-2-1-3-6-12)20-15-8-4-7-14-16(15)19-11-18-14/h1-8,13H,9-11,17H2. The molecule has 1 aliphatic rings. The summed E-state index contributed by atoms with van der Waals surface area (Å²) in [7, 11) is 0. The van der Waals surface area contributed by atoms with E-state index in [1.165, 1.54) is 0 Å². The second-order valence-electron chi connectivity index (χ2n) is 4.58. The Balaban J connectivity index is 1.86. The van der Waals surface area contributed by atoms with Crippen LogP contribution < -0.4 is 19.9 Å². The lowest BCUT2D eigenvalue weighted by Crippen LogP contribution is -2.13. The first kappa shape index (κ1) is 12.8. The molecule has 0 spiro atoms. The first-order valence-corrected chi connectivity index (χ1v) is 6.69. The van der Waals surface area contributed by atoms with Gasteiger partial charge in [-0.05, 0) is 24.2 Å². The smallest absolute Gasteiger partial charge is 0.231 e. The van der Waals surface area contributed by atoms with Crippen molar-refractivity contribution in [3.8, 4) is 17.2 Å². The van der Waals surface area contributed by atoms with Crippen molar-refractivity contribution in [3.05, 3.63) is 54.1 Å². The van der Waals surface area contributed by atoms with Gasteiger partial charge in [-0.25, -0.2) is 0 Å². The van der Waals surface area contributed by atoms with E-state index in [2.05, 4.69) is 0 Å². The quantitative estimate of drug-likeness (QED) is 0.908. The molecule has 1 aliphatic heterocycles. The third-order valence-electron chi connectivity index (χ3n) is 3.23. The summed E-state index contributed by atoms with van der Waals surface area (Å²) >= 11 is 0. The molecule has 0 bridgehead atoms. The monoisotopic (exact) mass is 271 g/mol. The van der Waals surface area contributed by atoms with Crippen LogP contribution in [0, 0.1) is 0 Å². The van der Waals surface area contributed by atoms with Crippen LogP contribution in [-0.2, 0) is 0 Å². The van der Waals surface area contributed by atoms with Crippen LogP contribution in [0.4, 0.5) is 0 Å². The molecule has 0 fully saturated rings. The van der Waals surface area contributed by atoms with E-state index >= 15 is 0 Å². The Morgan fingerprint density at radius 3 is 2.70 bits per heavy atom. The fraction of sp³-hybridized carbons (Fsp3) is 0.250. The van der Waals surface area contributed by atoms with Crippen LogP contribution in [0.1, 0.15) is 18.1 Å². The molecule has 104 valence electrons. The van der Waals surface area contributed by atoms with E-state index in [4.69, 9.17) is 19.9 Å². The van der Waals surface area contributed by atoms with E-state index < -0.39 is 0 Å². The molecule has 1 heterocycles. The zero-order valence-corrected chi connectivity index (χ0v) is 11.1. The van der Waals surface area contributed by atoms with Gasteiger partial charge in [0.2, 0.25) is 12.5 Å². The molecule has 0 saturated heterocycles. The van der Waals surface area contributed by atoms with Crippen molar-refractivity contribution in [2.75, 3.05) is 13.3 Å². The molecule has 4 heteroatoms. The summed E-state index contributed by atoms with van der Waals surface area (Å²) in [4.78, 5) is 0. The molecule has 4 nitrogen and oxygen atoms in total. The molecule has 1 unspecified atom stereocenters. The Morgan fingerprint density at radius 2 is 1.90 bits per heavy atom. The lowest BCUT2D eigenvalue weighted by atomic mass is 10.1. The van der Waals surface area contributed by atoms with Gasteiger partial charge < -0.3 is 19.9 Å². The molecule has 0 aromatic heterocycles. The van der Waals surface area contributed by atoms with Crippen LogP contribution in [0.15, 0.2) is 48.5 Å². The first-order valence-electron chi connectivity index (χ1n) is 6.69. The number of fused-ring (bicyclic) bond motifs is 1. The van der Waals surface area contributed by atoms with Crippen LogP contribution in [0.2, 0.25) is 0 Å². The molecule has 2 N–H and O–H groups in total. The summed E-state index contributed by atoms with van der Waals surface area (Å²) in [6.45, 7) is 0.800. The van der Waals surface area contributed by atoms with Crippen molar-refractivity contribution < 1.29 is 14.2 Å². The van der Waals surface area contributed by atoms with Crippen molar-refractivity contribution in [3.63, 3.8) is 0 Å². The van der Waals surface area contributed by atoms with Crippen molar-refractivity contribution in [1.82, 2.24) is 0 Å². The van der Waals surface area contributed by atoms with E-state index in [1.54, 1.807) is 0 Å². The average Bonchev–Trinajstić information content (AvgIpc) is 2.97. The summed E-state index contributed by atoms with van der Waals surface area (Å²) < 4.78 is 16.9. The van der Waals surface area contributed by atoms with Crippen molar-refractivity contribution >= 4 is 0 Å². The zero-order chi connectivity index (χ0) is 13.8. The number of hydrogen-bond acceptors (Lipinski definition) is 4. The van der Waals surface area contributed by atoms with Crippen LogP contribution in [0.5, 0.6) is 17.2 Å². The van der Waals surface area contributed by atoms with Gasteiger partial charge in [-0.1, -0.05) is 36.4 Å². The predicted octanol–water partition coefficient (Wildman–Crippen LogP) is 2.88. The van der Waals surface area contributed by atoms with Crippen LogP contribution in [-0.4, -0.2) is 13.3 Å². The lowest BCUT2D eigenvalue weighted by molar-refractivity contribution is 0.158. The number of hydrogen-bond donors (Lipinski definition) is 1. The maximum Gasteiger partial charge on any atom is 0.231 e. The lowest BCUT2D eigenvalue weighted by Gasteiger charge is -2.19. The van der Waals surface area contributed by atoms with E-state index in [0.29, 0.717) is 18.0 Å². The van der Waals surface area contributed by atoms with Gasteiger partial charge in [-0.3, -0.25) is 0 Å². The maximum absolute atomic E-state index is 6.10. The van der Waals surface area contributed by atoms with Gasteiger partial charge >= 0.3 is 0 Å². The Hall–Kier alpha value is -2.20. The fourth-order valence-electron chi connectivity index (χ4n) is 2.26. The minimum absolute atomic E-state index is 0.0862. The Morgan fingerprint density at radius 1 is 1.05 bits per heavy atom. The minimum Gasteiger partial charge on any atom is -0.482 e. The molecule has 0 amide bonds. The number of benzene rings is 2. The van der Waals surface area contributed by atoms with E-state index in [0.717, 1.165) is 17.7 Å². The second kappa shape index (κ2) is 5.84. The summed E-state index contributed by atoms with van der Waals surface area (Å²) in [6, 6.07) is 15.7. The van der Waals surface area contributed by atoms with E-state index in [1.807, 2.05) is 48.5 Å². The average molecular weight is 271 g/mol. The van der Waals surface area contributed by atoms with Gasteiger partial charge in [0, 0.05) is 6.42 Å². The molecule has 0 saturated carbocycles. The van der Waals surface area contributed by atoms with Crippen molar-refractivity contribution in [1.29, 1.82) is 0 Å². The van der Waals surface area contributed by atoms with Gasteiger partial charge in [-0.15, -0.1) is 0 Å². The SMILES string of the molecule is NCCC(Oc1cccc2c1OCO2)c1ccccc1. The third kappa shape index (κ3) is 2.56. The highest BCUT2D eigenvalue weighted by atomic mass is 16.7. The summed E-state index contributed by atoms with van der Waals surface area (Å²) in [5.74, 6) is 2.09. The second-order valence-corrected chi connectivity index (χ2v) is 4.58. The molecule has 20 heavy (non-hydrogen) atoms. The predicted molar refractivity (Wildman–Crippen MR) is 76.0 cm³/mol. The normalized spacial score (nSPS) is 14.1. The molecular weight excluding hydrogens is 254 g/mol. The first-order chi connectivity index (χ1) is 9.88. The Bertz CT molecular complexity index is 571. The minimum atomic E-state index is -0.0862. The molecule has 2 aromatic carbocycles. The topological polar surface area (TPSA) is 53.7 Å². The summed E-state index contributed by atoms with van der Waals surface area (Å²) in [5.41, 5.74) is 6.80. The molecule has 0 aliphatic carbocycles. The highest BCUT2D eigenvalue weighted by Crippen LogP contribution is 2.42. The highest BCUT2D eigenvalue weighted by molar-refractivity contribution is 5.52. The van der Waals surface area contributed by atoms with Crippen LogP contribution in [0.25, 0.3) is 0 Å². The van der Waals surface area contributed by atoms with Gasteiger partial charge in [-0.2, -0.15) is 0 Å². The van der Waals surface area contributed by atoms with E-state index in [-0.39, 0.29) is 12.9 Å². The summed E-state index contributed by atoms with van der Waals surface area (Å²) in [6.07, 6.45) is 0.658. The Kier molecular flexibility index (Phi) is 3.74. The molecular formula is C16H17NO3. The van der Waals surface area contributed by atoms with Crippen molar-refractivity contribution in [2.45, 2.75) is 12.5 Å². The number of rotatable bonds is 5. The third-order valence-corrected chi connectivity index (χ3v) is 3.23. The molecule has 2 aromatic rings. The number of para-hydroxylation sites is 1. The maximum atomic E-state index is 6.10. The van der Waals surface area contributed by atoms with Crippen LogP contribution >= 0.6 is 0 Å². The van der Waals surface area contributed by atoms with Crippen LogP contribution in [0.3, 0.4) is 0 Å². The van der Waals surface area contributed by atoms with Crippen molar-refractivity contribution in [2.24, 2.45) is 5.73 Å². The van der Waals surface area contributed by atoms with Gasteiger partial charge in [0.1, 0.15) is 6.10 Å². The van der Waals surface area contributed by atoms with E-state index in [9.17, 15) is 0 Å². The Labute approximate surface area is 118 Å². The van der Waals surface area contributed by atoms with Gasteiger partial charge in [0.15, 0.2) is 11.5 Å². The number of nitrogens with two attached hydrogens (primary N) is 1. The number of ether oxygens (including phenoxy) is 3. The molecule has 0 radical (unpaired) electrons. The highest BCUT2D eigenvalue weighted by Gasteiger charge is 2.21. The molecule has 1 atom stereocenters. The fourth-order valence-corrected chi connectivity index (χ4v) is 2.26. The summed E-state index contributed by atoms with van der Waals surface area (Å²) in [5, 5.41) is 0. The molecule has 3 rings (SSSR count). The zero-order valence-electron chi connectivity index (χ0n) is 11.1. The van der Waals surface area contributed by atoms with Gasteiger partial charge in [0.05, 0.1) is 0 Å². The van der Waals surface area contributed by atoms with Gasteiger partial charge in [0.25, 0.3) is 0 Å². The largest absolute Gasteiger partial charge is 0.482 e.